The predicted octanol–water partition coefficient (Wildman–Crippen LogP) is 2.83. The van der Waals surface area contributed by atoms with Crippen LogP contribution in [-0.2, 0) is 0 Å². The molecule has 0 aromatic heterocycles. The Hall–Kier alpha value is -2.18. The Balaban J connectivity index is 2.18. The molecule has 0 saturated heterocycles. The molecule has 0 heterocycles. The highest BCUT2D eigenvalue weighted by Crippen LogP contribution is 2.25. The first-order chi connectivity index (χ1) is 10.4. The monoisotopic (exact) mass is 327 g/mol. The van der Waals surface area contributed by atoms with Crippen molar-refractivity contribution in [2.45, 2.75) is 6.10 Å². The molecule has 116 valence electrons. The standard InChI is InChI=1S/C15H12ClF2NO3/c16-8-4-5-13(9(6-8)15(19)21)22-7-12(20)14-10(17)2-1-3-11(14)18/h1-6,12,20H,7H2,(H2,19,21). The normalized spacial score (nSPS) is 12.0. The second-order valence-electron chi connectivity index (χ2n) is 4.47. The number of hydrogen-bond acceptors (Lipinski definition) is 3. The fourth-order valence-corrected chi connectivity index (χ4v) is 2.07. The lowest BCUT2D eigenvalue weighted by atomic mass is 10.1. The maximum Gasteiger partial charge on any atom is 0.252 e. The van der Waals surface area contributed by atoms with Gasteiger partial charge in [0.2, 0.25) is 0 Å². The molecule has 3 N–H and O–H groups in total. The molecule has 1 unspecified atom stereocenters. The van der Waals surface area contributed by atoms with Gasteiger partial charge in [0.1, 0.15) is 30.1 Å². The number of carbonyl (C=O) groups excluding carboxylic acids is 1. The van der Waals surface area contributed by atoms with Gasteiger partial charge in [-0.15, -0.1) is 0 Å². The zero-order chi connectivity index (χ0) is 16.3. The fraction of sp³-hybridized carbons (Fsp3) is 0.133. The van der Waals surface area contributed by atoms with Crippen molar-refractivity contribution in [1.82, 2.24) is 0 Å². The molecule has 0 fully saturated rings. The molecular formula is C15H12ClF2NO3. The summed E-state index contributed by atoms with van der Waals surface area (Å²) in [5.41, 5.74) is 4.69. The zero-order valence-corrected chi connectivity index (χ0v) is 12.0. The number of hydrogen-bond donors (Lipinski definition) is 2. The summed E-state index contributed by atoms with van der Waals surface area (Å²) in [6.45, 7) is -0.459. The lowest BCUT2D eigenvalue weighted by Crippen LogP contribution is -2.17. The van der Waals surface area contributed by atoms with Crippen LogP contribution in [0.25, 0.3) is 0 Å². The SMILES string of the molecule is NC(=O)c1cc(Cl)ccc1OCC(O)c1c(F)cccc1F. The van der Waals surface area contributed by atoms with Gasteiger partial charge < -0.3 is 15.6 Å². The molecule has 0 radical (unpaired) electrons. The first kappa shape index (κ1) is 16.2. The third kappa shape index (κ3) is 3.52. The number of benzene rings is 2. The number of primary amides is 1. The average molecular weight is 328 g/mol. The highest BCUT2D eigenvalue weighted by atomic mass is 35.5. The molecule has 0 aliphatic carbocycles. The zero-order valence-electron chi connectivity index (χ0n) is 11.2. The highest BCUT2D eigenvalue weighted by Gasteiger charge is 2.19. The van der Waals surface area contributed by atoms with E-state index in [0.29, 0.717) is 0 Å². The maximum atomic E-state index is 13.5. The molecule has 2 aromatic carbocycles. The second-order valence-corrected chi connectivity index (χ2v) is 4.90. The molecule has 0 saturated carbocycles. The molecule has 1 amide bonds. The predicted molar refractivity (Wildman–Crippen MR) is 76.8 cm³/mol. The minimum atomic E-state index is -1.54. The van der Waals surface area contributed by atoms with Crippen molar-refractivity contribution < 1.29 is 23.4 Å². The molecule has 7 heteroatoms. The van der Waals surface area contributed by atoms with Crippen LogP contribution in [0.15, 0.2) is 36.4 Å². The van der Waals surface area contributed by atoms with Crippen molar-refractivity contribution in [2.75, 3.05) is 6.61 Å². The van der Waals surface area contributed by atoms with E-state index in [1.54, 1.807) is 0 Å². The molecule has 0 aliphatic heterocycles. The van der Waals surface area contributed by atoms with E-state index in [4.69, 9.17) is 22.1 Å². The van der Waals surface area contributed by atoms with Crippen LogP contribution in [0.1, 0.15) is 22.0 Å². The fourth-order valence-electron chi connectivity index (χ4n) is 1.90. The molecule has 0 aliphatic rings. The van der Waals surface area contributed by atoms with E-state index in [-0.39, 0.29) is 16.3 Å². The minimum absolute atomic E-state index is 0.00806. The number of amides is 1. The van der Waals surface area contributed by atoms with Crippen LogP contribution in [0.5, 0.6) is 5.75 Å². The van der Waals surface area contributed by atoms with E-state index in [1.807, 2.05) is 0 Å². The van der Waals surface area contributed by atoms with Crippen molar-refractivity contribution in [3.8, 4) is 5.75 Å². The second kappa shape index (κ2) is 6.72. The quantitative estimate of drug-likeness (QED) is 0.887. The van der Waals surface area contributed by atoms with Crippen molar-refractivity contribution in [3.63, 3.8) is 0 Å². The number of carbonyl (C=O) groups is 1. The lowest BCUT2D eigenvalue weighted by molar-refractivity contribution is 0.0946. The Morgan fingerprint density at radius 2 is 1.91 bits per heavy atom. The van der Waals surface area contributed by atoms with Gasteiger partial charge in [0.05, 0.1) is 11.1 Å². The molecule has 2 aromatic rings. The van der Waals surface area contributed by atoms with E-state index < -0.39 is 35.8 Å². The smallest absolute Gasteiger partial charge is 0.252 e. The Morgan fingerprint density at radius 3 is 2.50 bits per heavy atom. The minimum Gasteiger partial charge on any atom is -0.490 e. The summed E-state index contributed by atoms with van der Waals surface area (Å²) in [5, 5.41) is 10.2. The summed E-state index contributed by atoms with van der Waals surface area (Å²) in [7, 11) is 0. The van der Waals surface area contributed by atoms with Crippen molar-refractivity contribution in [3.05, 3.63) is 64.2 Å². The molecule has 0 spiro atoms. The van der Waals surface area contributed by atoms with Crippen LogP contribution in [0.3, 0.4) is 0 Å². The molecule has 22 heavy (non-hydrogen) atoms. The number of halogens is 3. The van der Waals surface area contributed by atoms with Crippen LogP contribution >= 0.6 is 11.6 Å². The third-order valence-electron chi connectivity index (χ3n) is 2.94. The van der Waals surface area contributed by atoms with Crippen LogP contribution in [-0.4, -0.2) is 17.6 Å². The van der Waals surface area contributed by atoms with Gasteiger partial charge >= 0.3 is 0 Å². The van der Waals surface area contributed by atoms with E-state index >= 15 is 0 Å². The molecule has 1 atom stereocenters. The summed E-state index contributed by atoms with van der Waals surface area (Å²) in [6, 6.07) is 7.38. The van der Waals surface area contributed by atoms with Gasteiger partial charge in [-0.25, -0.2) is 8.78 Å². The van der Waals surface area contributed by atoms with Crippen molar-refractivity contribution in [2.24, 2.45) is 5.73 Å². The summed E-state index contributed by atoms with van der Waals surface area (Å²) in [6.07, 6.45) is -1.54. The van der Waals surface area contributed by atoms with E-state index in [9.17, 15) is 18.7 Å². The Bertz CT molecular complexity index is 689. The number of ether oxygens (including phenoxy) is 1. The van der Waals surface area contributed by atoms with Gasteiger partial charge in [-0.1, -0.05) is 17.7 Å². The molecule has 2 rings (SSSR count). The Kier molecular flexibility index (Phi) is 4.95. The average Bonchev–Trinajstić information content (AvgIpc) is 2.45. The largest absolute Gasteiger partial charge is 0.490 e. The first-order valence-corrected chi connectivity index (χ1v) is 6.62. The number of aliphatic hydroxyl groups excluding tert-OH is 1. The number of nitrogens with two attached hydrogens (primary N) is 1. The molecule has 4 nitrogen and oxygen atoms in total. The van der Waals surface area contributed by atoms with Crippen LogP contribution in [0.4, 0.5) is 8.78 Å². The maximum absolute atomic E-state index is 13.5. The highest BCUT2D eigenvalue weighted by molar-refractivity contribution is 6.31. The van der Waals surface area contributed by atoms with Crippen molar-refractivity contribution in [1.29, 1.82) is 0 Å². The van der Waals surface area contributed by atoms with Crippen LogP contribution < -0.4 is 10.5 Å². The molecular weight excluding hydrogens is 316 g/mol. The Labute approximate surface area is 130 Å². The summed E-state index contributed by atoms with van der Waals surface area (Å²) < 4.78 is 32.3. The summed E-state index contributed by atoms with van der Waals surface area (Å²) in [4.78, 5) is 11.3. The number of aliphatic hydroxyl groups is 1. The van der Waals surface area contributed by atoms with E-state index in [2.05, 4.69) is 0 Å². The van der Waals surface area contributed by atoms with Crippen LogP contribution in [0.2, 0.25) is 5.02 Å². The first-order valence-electron chi connectivity index (χ1n) is 6.24. The van der Waals surface area contributed by atoms with E-state index in [1.165, 1.54) is 24.3 Å². The summed E-state index contributed by atoms with van der Waals surface area (Å²) in [5.74, 6) is -2.48. The summed E-state index contributed by atoms with van der Waals surface area (Å²) >= 11 is 5.75. The lowest BCUT2D eigenvalue weighted by Gasteiger charge is -2.15. The van der Waals surface area contributed by atoms with Gasteiger partial charge in [-0.3, -0.25) is 4.79 Å². The van der Waals surface area contributed by atoms with Crippen LogP contribution in [0, 0.1) is 11.6 Å². The van der Waals surface area contributed by atoms with Gasteiger partial charge in [0.25, 0.3) is 5.91 Å². The Morgan fingerprint density at radius 1 is 1.27 bits per heavy atom. The van der Waals surface area contributed by atoms with Gasteiger partial charge in [0.15, 0.2) is 0 Å². The van der Waals surface area contributed by atoms with Crippen molar-refractivity contribution >= 4 is 17.5 Å². The van der Waals surface area contributed by atoms with Gasteiger partial charge in [-0.2, -0.15) is 0 Å². The van der Waals surface area contributed by atoms with Gasteiger partial charge in [0, 0.05) is 5.02 Å². The van der Waals surface area contributed by atoms with Gasteiger partial charge in [-0.05, 0) is 30.3 Å². The number of rotatable bonds is 5. The molecule has 0 bridgehead atoms. The third-order valence-corrected chi connectivity index (χ3v) is 3.17. The van der Waals surface area contributed by atoms with E-state index in [0.717, 1.165) is 12.1 Å². The topological polar surface area (TPSA) is 72.6 Å².